The van der Waals surface area contributed by atoms with E-state index in [0.717, 1.165) is 17.8 Å². The molecular formula is C14H41NSi5. The molecule has 0 N–H and O–H groups in total. The van der Waals surface area contributed by atoms with Gasteiger partial charge in [0.05, 0.1) is 19.4 Å². The summed E-state index contributed by atoms with van der Waals surface area (Å²) in [5.41, 5.74) is 3.27. The Morgan fingerprint density at radius 3 is 1.25 bits per heavy atom. The summed E-state index contributed by atoms with van der Waals surface area (Å²) in [4.78, 5) is 0. The van der Waals surface area contributed by atoms with Gasteiger partial charge in [0.15, 0.2) is 0 Å². The summed E-state index contributed by atoms with van der Waals surface area (Å²) < 4.78 is 3.33. The monoisotopic (exact) mass is 363 g/mol. The smallest absolute Gasteiger partial charge is 0.115 e. The lowest BCUT2D eigenvalue weighted by atomic mass is 10.2. The molecule has 0 aromatic heterocycles. The molecule has 0 aliphatic heterocycles. The lowest BCUT2D eigenvalue weighted by Gasteiger charge is -2.46. The van der Waals surface area contributed by atoms with Crippen LogP contribution in [0.25, 0.3) is 0 Å². The highest BCUT2D eigenvalue weighted by Gasteiger charge is 2.39. The van der Waals surface area contributed by atoms with Crippen molar-refractivity contribution in [1.82, 2.24) is 3.90 Å². The summed E-state index contributed by atoms with van der Waals surface area (Å²) in [6, 6.07) is 4.77. The van der Waals surface area contributed by atoms with E-state index >= 15 is 0 Å². The van der Waals surface area contributed by atoms with E-state index < -0.39 is 8.24 Å². The fraction of sp³-hybridized carbons (Fsp3) is 1.00. The van der Waals surface area contributed by atoms with Crippen LogP contribution in [0.3, 0.4) is 0 Å². The average Bonchev–Trinajstić information content (AvgIpc) is 2.25. The van der Waals surface area contributed by atoms with Gasteiger partial charge in [0.1, 0.15) is 8.24 Å². The SMILES string of the molecule is CC(C)C[Si](CC(C)C)(CC(C)C)N([SiH2]C[SiH3])[SiH2]C[SiH3]. The van der Waals surface area contributed by atoms with Gasteiger partial charge >= 0.3 is 0 Å². The molecule has 0 aliphatic rings. The van der Waals surface area contributed by atoms with Gasteiger partial charge in [-0.2, -0.15) is 0 Å². The molecule has 0 saturated heterocycles. The molecule has 0 rings (SSSR count). The molecule has 0 atom stereocenters. The summed E-state index contributed by atoms with van der Waals surface area (Å²) in [5, 5.41) is 0. The zero-order valence-electron chi connectivity index (χ0n) is 15.6. The summed E-state index contributed by atoms with van der Waals surface area (Å²) in [5.74, 6) is 2.73. The van der Waals surface area contributed by atoms with Crippen LogP contribution in [0.15, 0.2) is 0 Å². The van der Waals surface area contributed by atoms with Crippen molar-refractivity contribution in [2.45, 2.75) is 71.0 Å². The molecule has 122 valence electrons. The van der Waals surface area contributed by atoms with Crippen LogP contribution in [-0.2, 0) is 0 Å². The van der Waals surface area contributed by atoms with Crippen molar-refractivity contribution in [3.05, 3.63) is 0 Å². The van der Waals surface area contributed by atoms with Crippen LogP contribution in [0, 0.1) is 17.8 Å². The molecule has 0 heterocycles. The molecule has 0 aromatic rings. The predicted molar refractivity (Wildman–Crippen MR) is 113 cm³/mol. The van der Waals surface area contributed by atoms with Gasteiger partial charge in [-0.1, -0.05) is 52.9 Å². The van der Waals surface area contributed by atoms with Gasteiger partial charge in [-0.05, 0) is 35.9 Å². The minimum absolute atomic E-state index is 0.132. The van der Waals surface area contributed by atoms with E-state index in [1.165, 1.54) is 20.5 Å². The van der Waals surface area contributed by atoms with Gasteiger partial charge in [0.2, 0.25) is 0 Å². The van der Waals surface area contributed by atoms with E-state index in [-0.39, 0.29) is 19.4 Å². The Bertz CT molecular complexity index is 213. The lowest BCUT2D eigenvalue weighted by molar-refractivity contribution is 0.613. The van der Waals surface area contributed by atoms with Crippen LogP contribution in [0.2, 0.25) is 29.5 Å². The maximum absolute atomic E-state index is 3.33. The van der Waals surface area contributed by atoms with Crippen molar-refractivity contribution < 1.29 is 0 Å². The molecule has 0 radical (unpaired) electrons. The normalized spacial score (nSPS) is 14.7. The molecule has 20 heavy (non-hydrogen) atoms. The van der Waals surface area contributed by atoms with Crippen LogP contribution in [-0.4, -0.2) is 52.0 Å². The van der Waals surface area contributed by atoms with Crippen molar-refractivity contribution in [2.75, 3.05) is 0 Å². The Balaban J connectivity index is 5.38. The first-order valence-corrected chi connectivity index (χ1v) is 17.7. The summed E-state index contributed by atoms with van der Waals surface area (Å²) in [7, 11) is 2.01. The van der Waals surface area contributed by atoms with Crippen molar-refractivity contribution in [3.63, 3.8) is 0 Å². The zero-order chi connectivity index (χ0) is 15.8. The molecule has 0 bridgehead atoms. The van der Waals surface area contributed by atoms with Crippen molar-refractivity contribution >= 4 is 48.1 Å². The third-order valence-corrected chi connectivity index (χ3v) is 22.0. The van der Waals surface area contributed by atoms with E-state index in [4.69, 9.17) is 0 Å². The van der Waals surface area contributed by atoms with Crippen LogP contribution < -0.4 is 0 Å². The standard InChI is InChI=1S/C14H41NSi5/c1-12(2)7-20(8-13(3)4,9-14(5)6)15(18-10-16)19-11-17/h12-14H,7-11,18-19H2,1-6,16-17H3. The molecule has 6 heteroatoms. The number of rotatable bonds is 11. The minimum atomic E-state index is -1.15. The van der Waals surface area contributed by atoms with Gasteiger partial charge in [0.25, 0.3) is 0 Å². The largest absolute Gasteiger partial charge is 0.378 e. The second-order valence-electron chi connectivity index (χ2n) is 8.01. The number of hydrogen-bond acceptors (Lipinski definition) is 1. The van der Waals surface area contributed by atoms with Gasteiger partial charge in [0, 0.05) is 20.5 Å². The highest BCUT2D eigenvalue weighted by atomic mass is 28.4. The van der Waals surface area contributed by atoms with Gasteiger partial charge in [-0.25, -0.2) is 0 Å². The van der Waals surface area contributed by atoms with E-state index in [1.54, 1.807) is 29.5 Å². The van der Waals surface area contributed by atoms with Crippen molar-refractivity contribution in [1.29, 1.82) is 0 Å². The highest BCUT2D eigenvalue weighted by Crippen LogP contribution is 2.34. The third kappa shape index (κ3) is 7.88. The van der Waals surface area contributed by atoms with Gasteiger partial charge < -0.3 is 3.90 Å². The van der Waals surface area contributed by atoms with E-state index in [1.807, 2.05) is 0 Å². The van der Waals surface area contributed by atoms with Crippen LogP contribution in [0.4, 0.5) is 0 Å². The lowest BCUT2D eigenvalue weighted by Crippen LogP contribution is -2.58. The van der Waals surface area contributed by atoms with Gasteiger partial charge in [-0.15, -0.1) is 0 Å². The minimum Gasteiger partial charge on any atom is -0.378 e. The Labute approximate surface area is 140 Å². The topological polar surface area (TPSA) is 3.24 Å². The second kappa shape index (κ2) is 10.7. The molecule has 0 fully saturated rings. The molecule has 0 amide bonds. The fourth-order valence-electron chi connectivity index (χ4n) is 4.04. The van der Waals surface area contributed by atoms with Crippen LogP contribution >= 0.6 is 0 Å². The molecule has 0 saturated carbocycles. The van der Waals surface area contributed by atoms with E-state index in [9.17, 15) is 0 Å². The Kier molecular flexibility index (Phi) is 11.3. The second-order valence-corrected chi connectivity index (χ2v) is 24.9. The van der Waals surface area contributed by atoms with Crippen LogP contribution in [0.5, 0.6) is 0 Å². The quantitative estimate of drug-likeness (QED) is 0.492. The van der Waals surface area contributed by atoms with E-state index in [0.29, 0.717) is 0 Å². The molecule has 0 unspecified atom stereocenters. The molecule has 0 aliphatic carbocycles. The maximum atomic E-state index is 3.33. The first kappa shape index (κ1) is 21.0. The number of hydrogen-bond donors (Lipinski definition) is 0. The van der Waals surface area contributed by atoms with Crippen molar-refractivity contribution in [2.24, 2.45) is 17.8 Å². The molecular weight excluding hydrogens is 323 g/mol. The summed E-state index contributed by atoms with van der Waals surface area (Å²) in [6.45, 7) is 14.9. The Morgan fingerprint density at radius 1 is 0.750 bits per heavy atom. The molecule has 1 nitrogen and oxygen atoms in total. The Hall–Kier alpha value is 1.04. The van der Waals surface area contributed by atoms with Crippen molar-refractivity contribution in [3.8, 4) is 0 Å². The molecule has 0 spiro atoms. The summed E-state index contributed by atoms with van der Waals surface area (Å²) >= 11 is 0. The third-order valence-electron chi connectivity index (χ3n) is 4.02. The average molecular weight is 364 g/mol. The fourth-order valence-corrected chi connectivity index (χ4v) is 30.9. The first-order chi connectivity index (χ1) is 9.27. The number of nitrogens with zero attached hydrogens (tertiary/aromatic N) is 1. The zero-order valence-corrected chi connectivity index (χ0v) is 23.5. The first-order valence-electron chi connectivity index (χ1n) is 9.02. The Morgan fingerprint density at radius 2 is 1.05 bits per heavy atom. The van der Waals surface area contributed by atoms with E-state index in [2.05, 4.69) is 45.4 Å². The maximum Gasteiger partial charge on any atom is 0.115 e. The summed E-state index contributed by atoms with van der Waals surface area (Å²) in [6.07, 6.45) is 0. The predicted octanol–water partition coefficient (Wildman–Crippen LogP) is 0.852. The highest BCUT2D eigenvalue weighted by molar-refractivity contribution is 6.90. The van der Waals surface area contributed by atoms with Gasteiger partial charge in [-0.3, -0.25) is 0 Å². The van der Waals surface area contributed by atoms with Crippen LogP contribution in [0.1, 0.15) is 41.5 Å². The molecule has 0 aromatic carbocycles.